The van der Waals surface area contributed by atoms with Crippen LogP contribution in [0.5, 0.6) is 11.5 Å². The van der Waals surface area contributed by atoms with Gasteiger partial charge in [-0.3, -0.25) is 0 Å². The lowest BCUT2D eigenvalue weighted by Gasteiger charge is -2.03. The molecular weight excluding hydrogens is 284 g/mol. The predicted octanol–water partition coefficient (Wildman–Crippen LogP) is 2.41. The molecule has 1 N–H and O–H groups in total. The van der Waals surface area contributed by atoms with Crippen molar-refractivity contribution in [2.75, 3.05) is 7.11 Å². The average Bonchev–Trinajstić information content (AvgIpc) is 2.94. The molecule has 0 bridgehead atoms. The Morgan fingerprint density at radius 3 is 2.95 bits per heavy atom. The van der Waals surface area contributed by atoms with Gasteiger partial charge in [0.2, 0.25) is 0 Å². The predicted molar refractivity (Wildman–Crippen MR) is 79.0 cm³/mol. The SMILES string of the molecule is COC(=O)c1ccn2cc(COc3cccc(O)c3)nc2c1. The van der Waals surface area contributed by atoms with Crippen molar-refractivity contribution in [1.82, 2.24) is 9.38 Å². The molecule has 0 fully saturated rings. The molecule has 0 radical (unpaired) electrons. The molecule has 6 heteroatoms. The first kappa shape index (κ1) is 13.9. The summed E-state index contributed by atoms with van der Waals surface area (Å²) >= 11 is 0. The molecule has 0 saturated carbocycles. The second-order valence-corrected chi connectivity index (χ2v) is 4.69. The van der Waals surface area contributed by atoms with Crippen LogP contribution >= 0.6 is 0 Å². The minimum absolute atomic E-state index is 0.148. The largest absolute Gasteiger partial charge is 0.508 e. The third-order valence-corrected chi connectivity index (χ3v) is 3.14. The third-order valence-electron chi connectivity index (χ3n) is 3.14. The Bertz CT molecular complexity index is 826. The highest BCUT2D eigenvalue weighted by Crippen LogP contribution is 2.19. The molecule has 6 nitrogen and oxygen atoms in total. The van der Waals surface area contributed by atoms with E-state index < -0.39 is 5.97 Å². The maximum atomic E-state index is 11.5. The minimum atomic E-state index is -0.400. The zero-order valence-corrected chi connectivity index (χ0v) is 11.9. The summed E-state index contributed by atoms with van der Waals surface area (Å²) < 4.78 is 12.1. The van der Waals surface area contributed by atoms with Crippen LogP contribution in [0.15, 0.2) is 48.8 Å². The van der Waals surface area contributed by atoms with Crippen molar-refractivity contribution in [3.63, 3.8) is 0 Å². The lowest BCUT2D eigenvalue weighted by atomic mass is 10.3. The topological polar surface area (TPSA) is 73.1 Å². The number of hydrogen-bond acceptors (Lipinski definition) is 5. The van der Waals surface area contributed by atoms with Gasteiger partial charge >= 0.3 is 5.97 Å². The molecule has 1 aromatic carbocycles. The van der Waals surface area contributed by atoms with Crippen LogP contribution in [0, 0.1) is 0 Å². The van der Waals surface area contributed by atoms with Crippen LogP contribution in [0.25, 0.3) is 5.65 Å². The Kier molecular flexibility index (Phi) is 3.65. The monoisotopic (exact) mass is 298 g/mol. The number of esters is 1. The summed E-state index contributed by atoms with van der Waals surface area (Å²) in [7, 11) is 1.34. The molecule has 0 amide bonds. The van der Waals surface area contributed by atoms with Crippen LogP contribution in [0.2, 0.25) is 0 Å². The first-order valence-corrected chi connectivity index (χ1v) is 6.63. The fourth-order valence-corrected chi connectivity index (χ4v) is 2.08. The number of pyridine rings is 1. The number of ether oxygens (including phenoxy) is 2. The van der Waals surface area contributed by atoms with Crippen molar-refractivity contribution in [2.45, 2.75) is 6.61 Å². The molecule has 0 saturated heterocycles. The summed E-state index contributed by atoms with van der Waals surface area (Å²) in [5.74, 6) is 0.311. The van der Waals surface area contributed by atoms with Crippen molar-refractivity contribution in [2.24, 2.45) is 0 Å². The maximum Gasteiger partial charge on any atom is 0.338 e. The molecule has 112 valence electrons. The Labute approximate surface area is 126 Å². The van der Waals surface area contributed by atoms with Gasteiger partial charge in [0.15, 0.2) is 0 Å². The van der Waals surface area contributed by atoms with Crippen LogP contribution < -0.4 is 4.74 Å². The number of phenols is 1. The number of imidazole rings is 1. The number of carbonyl (C=O) groups excluding carboxylic acids is 1. The number of rotatable bonds is 4. The van der Waals surface area contributed by atoms with Gasteiger partial charge in [0.25, 0.3) is 0 Å². The van der Waals surface area contributed by atoms with E-state index in [-0.39, 0.29) is 12.4 Å². The number of phenolic OH excluding ortho intramolecular Hbond substituents is 1. The number of methoxy groups -OCH3 is 1. The highest BCUT2D eigenvalue weighted by atomic mass is 16.5. The van der Waals surface area contributed by atoms with Gasteiger partial charge in [0.05, 0.1) is 18.4 Å². The number of aromatic hydroxyl groups is 1. The van der Waals surface area contributed by atoms with E-state index in [4.69, 9.17) is 4.74 Å². The Hall–Kier alpha value is -3.02. The van der Waals surface area contributed by atoms with Crippen LogP contribution in [0.3, 0.4) is 0 Å². The zero-order chi connectivity index (χ0) is 15.5. The van der Waals surface area contributed by atoms with E-state index >= 15 is 0 Å². The minimum Gasteiger partial charge on any atom is -0.508 e. The molecule has 22 heavy (non-hydrogen) atoms. The first-order valence-electron chi connectivity index (χ1n) is 6.63. The van der Waals surface area contributed by atoms with Gasteiger partial charge in [-0.2, -0.15) is 0 Å². The van der Waals surface area contributed by atoms with E-state index in [1.807, 2.05) is 6.20 Å². The van der Waals surface area contributed by atoms with Gasteiger partial charge in [0.1, 0.15) is 23.8 Å². The maximum absolute atomic E-state index is 11.5. The Morgan fingerprint density at radius 2 is 2.18 bits per heavy atom. The fourth-order valence-electron chi connectivity index (χ4n) is 2.08. The number of aromatic nitrogens is 2. The van der Waals surface area contributed by atoms with E-state index in [1.165, 1.54) is 13.2 Å². The van der Waals surface area contributed by atoms with Crippen molar-refractivity contribution in [3.8, 4) is 11.5 Å². The first-order chi connectivity index (χ1) is 10.7. The molecule has 0 spiro atoms. The quantitative estimate of drug-likeness (QED) is 0.749. The summed E-state index contributed by atoms with van der Waals surface area (Å²) in [6.07, 6.45) is 3.56. The van der Waals surface area contributed by atoms with Crippen molar-refractivity contribution in [1.29, 1.82) is 0 Å². The van der Waals surface area contributed by atoms with Gasteiger partial charge in [-0.15, -0.1) is 0 Å². The number of nitrogens with zero attached hydrogens (tertiary/aromatic N) is 2. The molecule has 0 unspecified atom stereocenters. The number of carbonyl (C=O) groups is 1. The van der Waals surface area contributed by atoms with Crippen LogP contribution in [-0.2, 0) is 11.3 Å². The molecule has 0 aliphatic carbocycles. The molecular formula is C16H14N2O4. The number of fused-ring (bicyclic) bond motifs is 1. The summed E-state index contributed by atoms with van der Waals surface area (Å²) in [5, 5.41) is 9.39. The smallest absolute Gasteiger partial charge is 0.338 e. The Balaban J connectivity index is 1.78. The summed E-state index contributed by atoms with van der Waals surface area (Å²) in [6, 6.07) is 9.89. The molecule has 0 aliphatic heterocycles. The summed E-state index contributed by atoms with van der Waals surface area (Å²) in [4.78, 5) is 15.9. The third kappa shape index (κ3) is 2.85. The van der Waals surface area contributed by atoms with Crippen molar-refractivity contribution < 1.29 is 19.4 Å². The van der Waals surface area contributed by atoms with Gasteiger partial charge in [-0.1, -0.05) is 6.07 Å². The number of hydrogen-bond donors (Lipinski definition) is 1. The van der Waals surface area contributed by atoms with Gasteiger partial charge in [-0.05, 0) is 24.3 Å². The van der Waals surface area contributed by atoms with E-state index in [1.54, 1.807) is 40.9 Å². The van der Waals surface area contributed by atoms with Crippen LogP contribution in [0.1, 0.15) is 16.1 Å². The normalized spacial score (nSPS) is 10.6. The Morgan fingerprint density at radius 1 is 1.32 bits per heavy atom. The molecule has 0 atom stereocenters. The van der Waals surface area contributed by atoms with Crippen molar-refractivity contribution >= 4 is 11.6 Å². The molecule has 2 heterocycles. The molecule has 3 aromatic rings. The molecule has 3 rings (SSSR count). The number of benzene rings is 1. The van der Waals surface area contributed by atoms with Crippen LogP contribution in [0.4, 0.5) is 0 Å². The van der Waals surface area contributed by atoms with E-state index in [9.17, 15) is 9.90 Å². The fraction of sp³-hybridized carbons (Fsp3) is 0.125. The second-order valence-electron chi connectivity index (χ2n) is 4.69. The van der Waals surface area contributed by atoms with E-state index in [2.05, 4.69) is 9.72 Å². The highest BCUT2D eigenvalue weighted by molar-refractivity contribution is 5.90. The van der Waals surface area contributed by atoms with E-state index in [0.29, 0.717) is 22.7 Å². The zero-order valence-electron chi connectivity index (χ0n) is 11.9. The van der Waals surface area contributed by atoms with Crippen molar-refractivity contribution in [3.05, 3.63) is 60.0 Å². The average molecular weight is 298 g/mol. The molecule has 0 aliphatic rings. The molecule has 2 aromatic heterocycles. The summed E-state index contributed by atoms with van der Waals surface area (Å²) in [6.45, 7) is 0.263. The van der Waals surface area contributed by atoms with E-state index in [0.717, 1.165) is 0 Å². The lowest BCUT2D eigenvalue weighted by Crippen LogP contribution is -2.01. The van der Waals surface area contributed by atoms with Gasteiger partial charge in [-0.25, -0.2) is 9.78 Å². The van der Waals surface area contributed by atoms with Gasteiger partial charge in [0, 0.05) is 18.5 Å². The lowest BCUT2D eigenvalue weighted by molar-refractivity contribution is 0.0600. The standard InChI is InChI=1S/C16H14N2O4/c1-21-16(20)11-5-6-18-9-12(17-15(18)7-11)10-22-14-4-2-3-13(19)8-14/h2-9,19H,10H2,1H3. The van der Waals surface area contributed by atoms with Crippen LogP contribution in [-0.4, -0.2) is 27.6 Å². The second kappa shape index (κ2) is 5.77. The van der Waals surface area contributed by atoms with Gasteiger partial charge < -0.3 is 19.0 Å². The highest BCUT2D eigenvalue weighted by Gasteiger charge is 2.08. The summed E-state index contributed by atoms with van der Waals surface area (Å²) in [5.41, 5.74) is 1.80.